The number of nitrogens with zero attached hydrogens (tertiary/aromatic N) is 2. The van der Waals surface area contributed by atoms with Gasteiger partial charge in [0.25, 0.3) is 5.91 Å². The number of likely N-dealkylation sites (N-methyl/N-ethyl adjacent to an activating group) is 1. The third-order valence-electron chi connectivity index (χ3n) is 8.86. The van der Waals surface area contributed by atoms with Gasteiger partial charge < -0.3 is 32.5 Å². The maximum atomic E-state index is 14.4. The summed E-state index contributed by atoms with van der Waals surface area (Å²) in [7, 11) is 2.82. The maximum Gasteiger partial charge on any atom is 0.416 e. The van der Waals surface area contributed by atoms with Gasteiger partial charge in [0.05, 0.1) is 39.9 Å². The molecule has 0 heterocycles. The number of benzene rings is 2. The van der Waals surface area contributed by atoms with Gasteiger partial charge in [-0.3, -0.25) is 19.3 Å². The molecule has 0 aromatic heterocycles. The van der Waals surface area contributed by atoms with Crippen LogP contribution in [-0.2, 0) is 27.0 Å². The van der Waals surface area contributed by atoms with Crippen molar-refractivity contribution >= 4 is 35.4 Å². The Labute approximate surface area is 254 Å². The number of halogens is 3. The normalized spacial score (nSPS) is 28.2. The Balaban J connectivity index is 1.72. The number of hydrogen-bond donors (Lipinski definition) is 6. The van der Waals surface area contributed by atoms with E-state index in [4.69, 9.17) is 17.2 Å². The summed E-state index contributed by atoms with van der Waals surface area (Å²) in [5.74, 6) is -6.22. The third kappa shape index (κ3) is 4.26. The molecular formula is C31H28F3N5O6. The van der Waals surface area contributed by atoms with E-state index in [-0.39, 0.29) is 17.5 Å². The number of carbonyl (C=O) groups excluding carboxylic acids is 3. The van der Waals surface area contributed by atoms with E-state index in [1.807, 2.05) is 0 Å². The Morgan fingerprint density at radius 1 is 1.07 bits per heavy atom. The molecule has 2 aromatic carbocycles. The van der Waals surface area contributed by atoms with Gasteiger partial charge in [-0.2, -0.15) is 18.4 Å². The number of Topliss-reactive ketones (excluding diaryl/α,β-unsaturated/α-hetero) is 2. The van der Waals surface area contributed by atoms with E-state index in [1.165, 1.54) is 55.4 Å². The fourth-order valence-corrected chi connectivity index (χ4v) is 6.98. The number of phenols is 1. The molecule has 14 heteroatoms. The zero-order chi connectivity index (χ0) is 33.4. The van der Waals surface area contributed by atoms with Crippen molar-refractivity contribution in [3.63, 3.8) is 0 Å². The van der Waals surface area contributed by atoms with Crippen LogP contribution in [0.3, 0.4) is 0 Å². The van der Waals surface area contributed by atoms with Gasteiger partial charge in [-0.1, -0.05) is 30.4 Å². The minimum Gasteiger partial charge on any atom is -0.509 e. The second-order valence-electron chi connectivity index (χ2n) is 11.8. The molecule has 0 unspecified atom stereocenters. The molecule has 2 aromatic rings. The van der Waals surface area contributed by atoms with Crippen molar-refractivity contribution in [2.24, 2.45) is 22.6 Å². The Morgan fingerprint density at radius 3 is 2.22 bits per heavy atom. The molecule has 0 aliphatic heterocycles. The lowest BCUT2D eigenvalue weighted by atomic mass is 9.47. The van der Waals surface area contributed by atoms with Crippen LogP contribution in [-0.4, -0.2) is 68.9 Å². The first kappa shape index (κ1) is 31.5. The van der Waals surface area contributed by atoms with Crippen LogP contribution in [0.1, 0.15) is 34.2 Å². The molecule has 1 amide bonds. The van der Waals surface area contributed by atoms with Gasteiger partial charge in [0.1, 0.15) is 22.8 Å². The van der Waals surface area contributed by atoms with Crippen LogP contribution in [0.25, 0.3) is 17.9 Å². The van der Waals surface area contributed by atoms with Gasteiger partial charge >= 0.3 is 6.18 Å². The maximum absolute atomic E-state index is 14.4. The number of phenolic OH excluding ortho intramolecular Hbond substituents is 1. The van der Waals surface area contributed by atoms with E-state index in [0.29, 0.717) is 11.1 Å². The first-order valence-electron chi connectivity index (χ1n) is 13.5. The molecule has 1 fully saturated rings. The molecular weight excluding hydrogens is 595 g/mol. The van der Waals surface area contributed by atoms with Crippen molar-refractivity contribution in [3.05, 3.63) is 81.1 Å². The molecule has 1 saturated carbocycles. The number of aromatic hydroxyl groups is 1. The van der Waals surface area contributed by atoms with Gasteiger partial charge in [-0.15, -0.1) is 0 Å². The highest BCUT2D eigenvalue weighted by Crippen LogP contribution is 2.58. The van der Waals surface area contributed by atoms with E-state index < -0.39 is 86.6 Å². The van der Waals surface area contributed by atoms with E-state index in [1.54, 1.807) is 6.07 Å². The van der Waals surface area contributed by atoms with Crippen LogP contribution in [0.15, 0.2) is 53.3 Å². The first-order valence-corrected chi connectivity index (χ1v) is 13.5. The van der Waals surface area contributed by atoms with Crippen molar-refractivity contribution in [3.8, 4) is 11.8 Å². The highest BCUT2D eigenvalue weighted by molar-refractivity contribution is 6.25. The lowest BCUT2D eigenvalue weighted by Crippen LogP contribution is -2.80. The largest absolute Gasteiger partial charge is 0.509 e. The van der Waals surface area contributed by atoms with E-state index in [2.05, 4.69) is 0 Å². The summed E-state index contributed by atoms with van der Waals surface area (Å²) in [5, 5.41) is 44.0. The van der Waals surface area contributed by atoms with Crippen LogP contribution in [0.2, 0.25) is 0 Å². The number of ketones is 2. The number of aliphatic hydroxyl groups is 2. The number of nitrogens with two attached hydrogens (primary N) is 3. The number of fused-ring (bicyclic) bond motifs is 3. The van der Waals surface area contributed by atoms with Gasteiger partial charge in [-0.25, -0.2) is 0 Å². The monoisotopic (exact) mass is 623 g/mol. The van der Waals surface area contributed by atoms with Crippen molar-refractivity contribution < 1.29 is 42.9 Å². The summed E-state index contributed by atoms with van der Waals surface area (Å²) in [4.78, 5) is 41.5. The predicted molar refractivity (Wildman–Crippen MR) is 155 cm³/mol. The lowest BCUT2D eigenvalue weighted by molar-refractivity contribution is -0.139. The Kier molecular flexibility index (Phi) is 7.01. The van der Waals surface area contributed by atoms with Crippen molar-refractivity contribution in [1.29, 1.82) is 5.26 Å². The van der Waals surface area contributed by atoms with Gasteiger partial charge in [-0.05, 0) is 61.8 Å². The fraction of sp³-hybridized carbons (Fsp3) is 0.290. The zero-order valence-corrected chi connectivity index (χ0v) is 23.9. The number of amides is 1. The summed E-state index contributed by atoms with van der Waals surface area (Å²) in [6.07, 6.45) is -2.30. The van der Waals surface area contributed by atoms with Crippen LogP contribution < -0.4 is 17.2 Å². The van der Waals surface area contributed by atoms with Crippen LogP contribution in [0, 0.1) is 16.7 Å². The number of alkyl halides is 3. The number of rotatable bonds is 4. The standard InChI is InChI=1S/C31H28F3N5O6/c1-39(2)24-23(42)20(27(36)45)25(43)29(13-35)26(44)21-22(41)19-17(11-28(21,37)12-30(24,29)38)15(7-10-18(19)40)6-3-14-4-8-16(9-5-14)31(32,33)34/h3-10,24,40-41,43H,11-12,37-38H2,1-2H3,(H2,36,45)/b6-3+/t24-,28-,29+,30-/m1/s1. The van der Waals surface area contributed by atoms with Crippen LogP contribution >= 0.6 is 0 Å². The molecule has 0 saturated heterocycles. The Morgan fingerprint density at radius 2 is 1.69 bits per heavy atom. The molecule has 0 spiro atoms. The molecule has 4 atom stereocenters. The highest BCUT2D eigenvalue weighted by Gasteiger charge is 2.74. The summed E-state index contributed by atoms with van der Waals surface area (Å²) < 4.78 is 39.0. The van der Waals surface area contributed by atoms with Gasteiger partial charge in [0.15, 0.2) is 17.0 Å². The molecule has 45 heavy (non-hydrogen) atoms. The SMILES string of the molecule is CN(C)[C@@H]1C(=O)C(C(N)=O)=C(O)[C@@]2(C#N)C(=O)C3=C(O)c4c(O)ccc(/C=C/c5ccc(C(F)(F)F)cc5)c4C[C@@]3(N)C[C@@]12N. The quantitative estimate of drug-likeness (QED) is 0.215. The molecule has 0 bridgehead atoms. The minimum atomic E-state index is -4.52. The zero-order valence-electron chi connectivity index (χ0n) is 23.9. The molecule has 9 N–H and O–H groups in total. The summed E-state index contributed by atoms with van der Waals surface area (Å²) in [6.45, 7) is 0. The average molecular weight is 624 g/mol. The Bertz CT molecular complexity index is 1820. The number of nitriles is 1. The Hall–Kier alpha value is -4.97. The average Bonchev–Trinajstić information content (AvgIpc) is 2.91. The van der Waals surface area contributed by atoms with E-state index in [0.717, 1.165) is 12.1 Å². The fourth-order valence-electron chi connectivity index (χ4n) is 6.98. The number of primary amides is 1. The van der Waals surface area contributed by atoms with Crippen molar-refractivity contribution in [1.82, 2.24) is 4.90 Å². The molecule has 3 aliphatic rings. The number of hydrogen-bond acceptors (Lipinski definition) is 10. The van der Waals surface area contributed by atoms with E-state index in [9.17, 15) is 48.1 Å². The topological polar surface area (TPSA) is 217 Å². The molecule has 3 aliphatic carbocycles. The van der Waals surface area contributed by atoms with Crippen LogP contribution in [0.5, 0.6) is 5.75 Å². The minimum absolute atomic E-state index is 0.207. The summed E-state index contributed by atoms with van der Waals surface area (Å²) in [5.41, 5.74) is 10.6. The van der Waals surface area contributed by atoms with Crippen molar-refractivity contribution in [2.45, 2.75) is 36.1 Å². The third-order valence-corrected chi connectivity index (χ3v) is 8.86. The number of aliphatic hydroxyl groups excluding tert-OH is 2. The van der Waals surface area contributed by atoms with Gasteiger partial charge in [0.2, 0.25) is 0 Å². The first-order chi connectivity index (χ1) is 20.9. The lowest BCUT2D eigenvalue weighted by Gasteiger charge is -2.58. The second-order valence-corrected chi connectivity index (χ2v) is 11.8. The summed E-state index contributed by atoms with van der Waals surface area (Å²) in [6, 6.07) is 7.19. The second kappa shape index (κ2) is 10.0. The molecule has 11 nitrogen and oxygen atoms in total. The molecule has 234 valence electrons. The molecule has 0 radical (unpaired) electrons. The van der Waals surface area contributed by atoms with Gasteiger partial charge in [0, 0.05) is 0 Å². The highest BCUT2D eigenvalue weighted by atomic mass is 19.4. The smallest absolute Gasteiger partial charge is 0.416 e. The summed E-state index contributed by atoms with van der Waals surface area (Å²) >= 11 is 0. The van der Waals surface area contributed by atoms with E-state index >= 15 is 0 Å². The number of carbonyl (C=O) groups is 3. The van der Waals surface area contributed by atoms with Crippen LogP contribution in [0.4, 0.5) is 13.2 Å². The van der Waals surface area contributed by atoms with Crippen molar-refractivity contribution in [2.75, 3.05) is 14.1 Å². The predicted octanol–water partition coefficient (Wildman–Crippen LogP) is 2.09. The molecule has 5 rings (SSSR count).